The van der Waals surface area contributed by atoms with Crippen LogP contribution in [0, 0.1) is 0 Å². The van der Waals surface area contributed by atoms with E-state index in [0.717, 1.165) is 14.2 Å². The third-order valence-corrected chi connectivity index (χ3v) is 2.22. The summed E-state index contributed by atoms with van der Waals surface area (Å²) in [6.07, 6.45) is -7.05. The summed E-state index contributed by atoms with van der Waals surface area (Å²) in [5.41, 5.74) is 0. The minimum Gasteiger partial charge on any atom is -0.467 e. The van der Waals surface area contributed by atoms with Gasteiger partial charge in [-0.05, 0) is 0 Å². The van der Waals surface area contributed by atoms with E-state index in [1.54, 1.807) is 0 Å². The van der Waals surface area contributed by atoms with Gasteiger partial charge >= 0.3 is 12.1 Å². The summed E-state index contributed by atoms with van der Waals surface area (Å²) in [5, 5.41) is 0. The highest BCUT2D eigenvalue weighted by Crippen LogP contribution is 2.28. The monoisotopic (exact) mass is 252 g/mol. The quantitative estimate of drug-likeness (QED) is 0.655. The van der Waals surface area contributed by atoms with E-state index in [1.165, 1.54) is 7.11 Å². The summed E-state index contributed by atoms with van der Waals surface area (Å²) in [5.74, 6) is -0.860. The second kappa shape index (κ2) is 5.78. The molecular formula is C9H13FO7. The maximum absolute atomic E-state index is 13.7. The predicted molar refractivity (Wildman–Crippen MR) is 49.9 cm³/mol. The zero-order valence-corrected chi connectivity index (χ0v) is 9.55. The van der Waals surface area contributed by atoms with Crippen molar-refractivity contribution < 1.29 is 37.7 Å². The maximum Gasteiger partial charge on any atom is 0.508 e. The standard InChI is InChI=1S/C9H13FO7/c1-13-7(11)6-5(17-9(12)15-3)4(10)8(14-2)16-6/h4-6,8H,1-3H3/t4-,5-,6+,8?/m0/s1. The molecule has 1 rings (SSSR count). The van der Waals surface area contributed by atoms with Crippen molar-refractivity contribution in [3.8, 4) is 0 Å². The molecule has 0 aromatic carbocycles. The Labute approximate surface area is 96.7 Å². The molecule has 1 fully saturated rings. The van der Waals surface area contributed by atoms with Crippen LogP contribution in [0.3, 0.4) is 0 Å². The average Bonchev–Trinajstić information content (AvgIpc) is 2.65. The van der Waals surface area contributed by atoms with Gasteiger partial charge in [-0.1, -0.05) is 0 Å². The Bertz CT molecular complexity index is 295. The molecule has 0 aliphatic carbocycles. The molecule has 0 aromatic rings. The van der Waals surface area contributed by atoms with E-state index >= 15 is 0 Å². The van der Waals surface area contributed by atoms with Crippen LogP contribution in [-0.4, -0.2) is 58.1 Å². The van der Waals surface area contributed by atoms with E-state index in [4.69, 9.17) is 4.74 Å². The lowest BCUT2D eigenvalue weighted by Crippen LogP contribution is -2.39. The fourth-order valence-corrected chi connectivity index (χ4v) is 1.40. The molecule has 1 aliphatic rings. The molecule has 1 heterocycles. The van der Waals surface area contributed by atoms with Crippen molar-refractivity contribution in [1.29, 1.82) is 0 Å². The number of ether oxygens (including phenoxy) is 5. The maximum atomic E-state index is 13.7. The van der Waals surface area contributed by atoms with Gasteiger partial charge in [0.1, 0.15) is 0 Å². The molecule has 1 aliphatic heterocycles. The van der Waals surface area contributed by atoms with Gasteiger partial charge in [0.15, 0.2) is 24.7 Å². The molecule has 17 heavy (non-hydrogen) atoms. The highest BCUT2D eigenvalue weighted by molar-refractivity contribution is 5.76. The Morgan fingerprint density at radius 1 is 1.18 bits per heavy atom. The van der Waals surface area contributed by atoms with Crippen molar-refractivity contribution in [3.05, 3.63) is 0 Å². The number of carbonyl (C=O) groups excluding carboxylic acids is 2. The molecule has 8 heteroatoms. The van der Waals surface area contributed by atoms with Crippen LogP contribution >= 0.6 is 0 Å². The van der Waals surface area contributed by atoms with Crippen molar-refractivity contribution in [3.63, 3.8) is 0 Å². The number of carbonyl (C=O) groups is 2. The first-order valence-corrected chi connectivity index (χ1v) is 4.70. The van der Waals surface area contributed by atoms with E-state index in [2.05, 4.69) is 18.9 Å². The number of rotatable bonds is 3. The van der Waals surface area contributed by atoms with E-state index in [0.29, 0.717) is 0 Å². The molecule has 0 aromatic heterocycles. The third-order valence-electron chi connectivity index (χ3n) is 2.22. The van der Waals surface area contributed by atoms with Gasteiger partial charge in [0.05, 0.1) is 14.2 Å². The Morgan fingerprint density at radius 2 is 1.82 bits per heavy atom. The second-order valence-corrected chi connectivity index (χ2v) is 3.16. The lowest BCUT2D eigenvalue weighted by Gasteiger charge is -2.16. The zero-order valence-electron chi connectivity index (χ0n) is 9.55. The fourth-order valence-electron chi connectivity index (χ4n) is 1.40. The average molecular weight is 252 g/mol. The molecule has 0 saturated carbocycles. The predicted octanol–water partition coefficient (Wildman–Crippen LogP) is 0.0204. The highest BCUT2D eigenvalue weighted by Gasteiger charge is 2.52. The molecule has 0 N–H and O–H groups in total. The van der Waals surface area contributed by atoms with Gasteiger partial charge in [-0.3, -0.25) is 0 Å². The summed E-state index contributed by atoms with van der Waals surface area (Å²) in [6.45, 7) is 0. The lowest BCUT2D eigenvalue weighted by atomic mass is 10.1. The molecule has 1 unspecified atom stereocenters. The Hall–Kier alpha value is -1.41. The number of alkyl halides is 1. The SMILES string of the molecule is COC(=O)O[C@H]1[C@H](F)C(OC)O[C@H]1C(=O)OC. The zero-order chi connectivity index (χ0) is 13.0. The van der Waals surface area contributed by atoms with Gasteiger partial charge in [0, 0.05) is 7.11 Å². The first kappa shape index (κ1) is 13.7. The first-order valence-electron chi connectivity index (χ1n) is 4.70. The smallest absolute Gasteiger partial charge is 0.467 e. The van der Waals surface area contributed by atoms with E-state index < -0.39 is 36.8 Å². The highest BCUT2D eigenvalue weighted by atomic mass is 19.1. The van der Waals surface area contributed by atoms with Crippen LogP contribution in [0.4, 0.5) is 9.18 Å². The third kappa shape index (κ3) is 2.83. The van der Waals surface area contributed by atoms with Crippen LogP contribution in [0.2, 0.25) is 0 Å². The normalized spacial score (nSPS) is 32.0. The van der Waals surface area contributed by atoms with Crippen LogP contribution in [-0.2, 0) is 28.5 Å². The van der Waals surface area contributed by atoms with Crippen molar-refractivity contribution in [2.45, 2.75) is 24.7 Å². The van der Waals surface area contributed by atoms with Crippen LogP contribution in [0.5, 0.6) is 0 Å². The Balaban J connectivity index is 2.79. The van der Waals surface area contributed by atoms with Gasteiger partial charge < -0.3 is 23.7 Å². The molecule has 98 valence electrons. The van der Waals surface area contributed by atoms with Gasteiger partial charge in [-0.25, -0.2) is 14.0 Å². The molecule has 0 amide bonds. The minimum atomic E-state index is -1.80. The van der Waals surface area contributed by atoms with Crippen LogP contribution in [0.1, 0.15) is 0 Å². The molecule has 0 radical (unpaired) electrons. The molecule has 4 atom stereocenters. The first-order chi connectivity index (χ1) is 8.04. The second-order valence-electron chi connectivity index (χ2n) is 3.16. The van der Waals surface area contributed by atoms with Gasteiger partial charge in [-0.15, -0.1) is 0 Å². The summed E-state index contributed by atoms with van der Waals surface area (Å²) >= 11 is 0. The van der Waals surface area contributed by atoms with E-state index in [1.807, 2.05) is 0 Å². The number of hydrogen-bond acceptors (Lipinski definition) is 7. The summed E-state index contributed by atoms with van der Waals surface area (Å²) in [4.78, 5) is 22.2. The summed E-state index contributed by atoms with van der Waals surface area (Å²) < 4.78 is 36.5. The van der Waals surface area contributed by atoms with Crippen molar-refractivity contribution in [1.82, 2.24) is 0 Å². The molecular weight excluding hydrogens is 239 g/mol. The lowest BCUT2D eigenvalue weighted by molar-refractivity contribution is -0.172. The van der Waals surface area contributed by atoms with Crippen molar-refractivity contribution in [2.75, 3.05) is 21.3 Å². The van der Waals surface area contributed by atoms with E-state index in [9.17, 15) is 14.0 Å². The fraction of sp³-hybridized carbons (Fsp3) is 0.778. The Kier molecular flexibility index (Phi) is 4.64. The topological polar surface area (TPSA) is 80.3 Å². The van der Waals surface area contributed by atoms with Gasteiger partial charge in [-0.2, -0.15) is 0 Å². The largest absolute Gasteiger partial charge is 0.508 e. The molecule has 0 bridgehead atoms. The number of esters is 1. The summed E-state index contributed by atoms with van der Waals surface area (Å²) in [7, 11) is 3.37. The number of methoxy groups -OCH3 is 3. The minimum absolute atomic E-state index is 0.860. The Morgan fingerprint density at radius 3 is 2.29 bits per heavy atom. The van der Waals surface area contributed by atoms with Crippen LogP contribution in [0.15, 0.2) is 0 Å². The molecule has 0 spiro atoms. The van der Waals surface area contributed by atoms with Crippen LogP contribution in [0.25, 0.3) is 0 Å². The van der Waals surface area contributed by atoms with Crippen LogP contribution < -0.4 is 0 Å². The number of hydrogen-bond donors (Lipinski definition) is 0. The van der Waals surface area contributed by atoms with Crippen molar-refractivity contribution >= 4 is 12.1 Å². The van der Waals surface area contributed by atoms with E-state index in [-0.39, 0.29) is 0 Å². The van der Waals surface area contributed by atoms with Crippen molar-refractivity contribution in [2.24, 2.45) is 0 Å². The summed E-state index contributed by atoms with van der Waals surface area (Å²) in [6, 6.07) is 0. The molecule has 1 saturated heterocycles. The molecule has 7 nitrogen and oxygen atoms in total. The number of halogens is 1. The van der Waals surface area contributed by atoms with Gasteiger partial charge in [0.2, 0.25) is 0 Å². The van der Waals surface area contributed by atoms with Gasteiger partial charge in [0.25, 0.3) is 0 Å².